The van der Waals surface area contributed by atoms with E-state index < -0.39 is 0 Å². The molecule has 0 aliphatic carbocycles. The molecule has 0 saturated carbocycles. The summed E-state index contributed by atoms with van der Waals surface area (Å²) < 4.78 is 0. The Morgan fingerprint density at radius 3 is 2.74 bits per heavy atom. The van der Waals surface area contributed by atoms with Crippen LogP contribution in [0.4, 0.5) is 5.69 Å². The van der Waals surface area contributed by atoms with Gasteiger partial charge in [0.2, 0.25) is 0 Å². The van der Waals surface area contributed by atoms with E-state index in [-0.39, 0.29) is 21.8 Å². The number of aliphatic imine (C=N–C) groups is 1. The first-order chi connectivity index (χ1) is 11.1. The van der Waals surface area contributed by atoms with Crippen molar-refractivity contribution < 1.29 is 4.79 Å². The Balaban J connectivity index is 1.94. The number of rotatable bonds is 2. The van der Waals surface area contributed by atoms with Crippen LogP contribution in [0.25, 0.3) is 0 Å². The lowest BCUT2D eigenvalue weighted by Gasteiger charge is -2.27. The fourth-order valence-electron chi connectivity index (χ4n) is 2.15. The van der Waals surface area contributed by atoms with Gasteiger partial charge < -0.3 is 0 Å². The number of hydrogen-bond acceptors (Lipinski definition) is 4. The van der Waals surface area contributed by atoms with Crippen molar-refractivity contribution in [3.63, 3.8) is 0 Å². The molecule has 1 fully saturated rings. The maximum absolute atomic E-state index is 12.8. The Morgan fingerprint density at radius 1 is 1.17 bits per heavy atom. The van der Waals surface area contributed by atoms with Gasteiger partial charge in [0.05, 0.1) is 10.7 Å². The van der Waals surface area contributed by atoms with Gasteiger partial charge in [0, 0.05) is 12.3 Å². The lowest BCUT2D eigenvalue weighted by Crippen LogP contribution is -2.39. The molecule has 0 atom stereocenters. The third-order valence-corrected chi connectivity index (χ3v) is 4.81. The quantitative estimate of drug-likeness (QED) is 0.727. The van der Waals surface area contributed by atoms with Gasteiger partial charge in [-0.25, -0.2) is 9.98 Å². The molecule has 2 aromatic rings. The van der Waals surface area contributed by atoms with Gasteiger partial charge in [-0.3, -0.25) is 9.69 Å². The summed E-state index contributed by atoms with van der Waals surface area (Å²) in [6.07, 6.45) is 0.891. The average molecular weight is 366 g/mol. The topological polar surface area (TPSA) is 45.6 Å². The van der Waals surface area contributed by atoms with E-state index in [1.807, 2.05) is 30.3 Å². The fraction of sp³-hybridized carbons (Fsp3) is 0.188. The molecule has 2 heterocycles. The second-order valence-electron chi connectivity index (χ2n) is 4.85. The average Bonchev–Trinajstić information content (AvgIpc) is 2.58. The molecule has 3 rings (SSSR count). The molecular weight excluding hydrogens is 353 g/mol. The van der Waals surface area contributed by atoms with Gasteiger partial charge >= 0.3 is 0 Å². The Bertz CT molecular complexity index is 752. The van der Waals surface area contributed by atoms with E-state index in [0.29, 0.717) is 11.7 Å². The zero-order chi connectivity index (χ0) is 16.2. The summed E-state index contributed by atoms with van der Waals surface area (Å²) in [5.74, 6) is 0.644. The van der Waals surface area contributed by atoms with Gasteiger partial charge in [-0.05, 0) is 30.7 Å². The van der Waals surface area contributed by atoms with Crippen molar-refractivity contribution in [1.29, 1.82) is 0 Å². The summed E-state index contributed by atoms with van der Waals surface area (Å²) in [7, 11) is 0. The smallest absolute Gasteiger partial charge is 0.280 e. The molecule has 1 aromatic carbocycles. The number of amides is 1. The van der Waals surface area contributed by atoms with Crippen LogP contribution in [0.2, 0.25) is 10.2 Å². The van der Waals surface area contributed by atoms with Crippen LogP contribution in [0.5, 0.6) is 0 Å². The summed E-state index contributed by atoms with van der Waals surface area (Å²) in [6, 6.07) is 12.7. The number of carbonyl (C=O) groups is 1. The Kier molecular flexibility index (Phi) is 5.20. The van der Waals surface area contributed by atoms with E-state index in [1.54, 1.807) is 28.8 Å². The van der Waals surface area contributed by atoms with Crippen LogP contribution in [0, 0.1) is 0 Å². The third-order valence-electron chi connectivity index (χ3n) is 3.23. The molecule has 0 unspecified atom stereocenters. The molecule has 4 nitrogen and oxygen atoms in total. The van der Waals surface area contributed by atoms with Gasteiger partial charge in [-0.2, -0.15) is 0 Å². The van der Waals surface area contributed by atoms with Gasteiger partial charge in [0.25, 0.3) is 5.91 Å². The summed E-state index contributed by atoms with van der Waals surface area (Å²) in [4.78, 5) is 23.1. The SMILES string of the molecule is O=C(c1nc(Cl)ccc1Cl)N1CCCSC1=Nc1ccccc1. The molecule has 1 aliphatic heterocycles. The molecule has 1 aromatic heterocycles. The Labute approximate surface area is 148 Å². The van der Waals surface area contributed by atoms with E-state index in [9.17, 15) is 4.79 Å². The maximum atomic E-state index is 12.8. The van der Waals surface area contributed by atoms with E-state index in [0.717, 1.165) is 17.9 Å². The second kappa shape index (κ2) is 7.34. The fourth-order valence-corrected chi connectivity index (χ4v) is 3.44. The molecule has 23 heavy (non-hydrogen) atoms. The zero-order valence-corrected chi connectivity index (χ0v) is 14.4. The number of halogens is 2. The second-order valence-corrected chi connectivity index (χ2v) is 6.71. The minimum atomic E-state index is -0.278. The van der Waals surface area contributed by atoms with Crippen LogP contribution in [-0.2, 0) is 0 Å². The number of benzene rings is 1. The van der Waals surface area contributed by atoms with Crippen LogP contribution < -0.4 is 0 Å². The van der Waals surface area contributed by atoms with Crippen molar-refractivity contribution in [2.45, 2.75) is 6.42 Å². The summed E-state index contributed by atoms with van der Waals surface area (Å²) in [6.45, 7) is 0.585. The van der Waals surface area contributed by atoms with Crippen LogP contribution >= 0.6 is 35.0 Å². The normalized spacial score (nSPS) is 16.6. The highest BCUT2D eigenvalue weighted by atomic mass is 35.5. The first-order valence-electron chi connectivity index (χ1n) is 7.05. The van der Waals surface area contributed by atoms with Crippen molar-refractivity contribution in [3.05, 3.63) is 58.3 Å². The minimum absolute atomic E-state index is 0.155. The molecule has 1 amide bonds. The maximum Gasteiger partial charge on any atom is 0.280 e. The highest BCUT2D eigenvalue weighted by molar-refractivity contribution is 8.13. The molecule has 118 valence electrons. The van der Waals surface area contributed by atoms with Gasteiger partial charge in [0.15, 0.2) is 5.17 Å². The number of hydrogen-bond donors (Lipinski definition) is 0. The minimum Gasteiger partial charge on any atom is -0.286 e. The monoisotopic (exact) mass is 365 g/mol. The highest BCUT2D eigenvalue weighted by Gasteiger charge is 2.27. The number of thioether (sulfide) groups is 1. The van der Waals surface area contributed by atoms with Gasteiger partial charge in [-0.1, -0.05) is 53.2 Å². The molecule has 0 bridgehead atoms. The van der Waals surface area contributed by atoms with E-state index in [1.165, 1.54) is 0 Å². The molecular formula is C16H13Cl2N3OS. The van der Waals surface area contributed by atoms with Crippen LogP contribution in [0.3, 0.4) is 0 Å². The number of nitrogens with zero attached hydrogens (tertiary/aromatic N) is 3. The Morgan fingerprint density at radius 2 is 1.96 bits per heavy atom. The number of aromatic nitrogens is 1. The van der Waals surface area contributed by atoms with Gasteiger partial charge in [-0.15, -0.1) is 0 Å². The summed E-state index contributed by atoms with van der Waals surface area (Å²) >= 11 is 13.5. The molecule has 0 spiro atoms. The first kappa shape index (κ1) is 16.3. The molecule has 1 saturated heterocycles. The molecule has 0 radical (unpaired) electrons. The van der Waals surface area contributed by atoms with E-state index >= 15 is 0 Å². The lowest BCUT2D eigenvalue weighted by atomic mass is 10.3. The predicted molar refractivity (Wildman–Crippen MR) is 95.9 cm³/mol. The number of para-hydroxylation sites is 1. The van der Waals surface area contributed by atoms with Crippen LogP contribution in [0.15, 0.2) is 47.5 Å². The van der Waals surface area contributed by atoms with Crippen molar-refractivity contribution in [2.24, 2.45) is 4.99 Å². The van der Waals surface area contributed by atoms with Crippen molar-refractivity contribution in [1.82, 2.24) is 9.88 Å². The van der Waals surface area contributed by atoms with Crippen molar-refractivity contribution in [3.8, 4) is 0 Å². The lowest BCUT2D eigenvalue weighted by molar-refractivity contribution is 0.0844. The predicted octanol–water partition coefficient (Wildman–Crippen LogP) is 4.66. The van der Waals surface area contributed by atoms with E-state index in [2.05, 4.69) is 9.98 Å². The number of carbonyl (C=O) groups excluding carboxylic acids is 1. The summed E-state index contributed by atoms with van der Waals surface area (Å²) in [5, 5.41) is 1.18. The number of amidine groups is 1. The standard InChI is InChI=1S/C16H13Cl2N3OS/c17-12-7-8-13(18)20-14(12)15(22)21-9-4-10-23-16(21)19-11-5-2-1-3-6-11/h1-3,5-8H,4,9-10H2. The molecule has 7 heteroatoms. The molecule has 1 aliphatic rings. The van der Waals surface area contributed by atoms with Crippen LogP contribution in [-0.4, -0.2) is 33.3 Å². The van der Waals surface area contributed by atoms with E-state index in [4.69, 9.17) is 23.2 Å². The van der Waals surface area contributed by atoms with Crippen LogP contribution in [0.1, 0.15) is 16.9 Å². The summed E-state index contributed by atoms with van der Waals surface area (Å²) in [5.41, 5.74) is 0.960. The van der Waals surface area contributed by atoms with Crippen molar-refractivity contribution >= 4 is 51.7 Å². The zero-order valence-electron chi connectivity index (χ0n) is 12.1. The highest BCUT2D eigenvalue weighted by Crippen LogP contribution is 2.26. The number of pyridine rings is 1. The Hall–Kier alpha value is -1.56. The first-order valence-corrected chi connectivity index (χ1v) is 8.80. The van der Waals surface area contributed by atoms with Gasteiger partial charge in [0.1, 0.15) is 10.8 Å². The molecule has 0 N–H and O–H groups in total. The third kappa shape index (κ3) is 3.86. The largest absolute Gasteiger partial charge is 0.286 e. The van der Waals surface area contributed by atoms with Crippen molar-refractivity contribution in [2.75, 3.05) is 12.3 Å².